The number of rotatable bonds is 9. The van der Waals surface area contributed by atoms with Crippen LogP contribution in [0.5, 0.6) is 5.75 Å². The Labute approximate surface area is 202 Å². The number of hydrogen-bond acceptors (Lipinski definition) is 10. The first-order valence-electron chi connectivity index (χ1n) is 10.7. The van der Waals surface area contributed by atoms with E-state index >= 15 is 0 Å². The Hall–Kier alpha value is -2.63. The molecule has 1 aliphatic rings. The van der Waals surface area contributed by atoms with E-state index in [-0.39, 0.29) is 24.9 Å². The standard InChI is InChI=1S/C21H27N6O5PS/c1-13-9-16(31-20(13)27-12-25-17-18(22)23-11-24-19(17)27)10-30-33(34,26-14(2)21(28)29-3)32-15-7-5-4-6-8-15/h4-8,11-14,16,20H,9-10H2,1-3H3,(H,26,34)(H2,22,23,24)/t13-,14?,16-,20+,33?/m0/s1. The van der Waals surface area contributed by atoms with Crippen molar-refractivity contribution in [3.63, 3.8) is 0 Å². The largest absolute Gasteiger partial charge is 0.468 e. The van der Waals surface area contributed by atoms with Crippen molar-refractivity contribution in [1.82, 2.24) is 24.6 Å². The minimum atomic E-state index is -3.12. The molecule has 0 saturated carbocycles. The molecule has 1 aromatic carbocycles. The normalized spacial score (nSPS) is 22.9. The number of nitrogens with two attached hydrogens (primary N) is 1. The van der Waals surface area contributed by atoms with Crippen LogP contribution in [0, 0.1) is 5.92 Å². The molecule has 1 fully saturated rings. The third kappa shape index (κ3) is 5.37. The first-order chi connectivity index (χ1) is 16.3. The lowest BCUT2D eigenvalue weighted by atomic mass is 10.1. The smallest absolute Gasteiger partial charge is 0.323 e. The van der Waals surface area contributed by atoms with Gasteiger partial charge in [0.05, 0.1) is 26.1 Å². The molecule has 2 unspecified atom stereocenters. The summed E-state index contributed by atoms with van der Waals surface area (Å²) in [7, 11) is 1.31. The second-order valence-electron chi connectivity index (χ2n) is 8.02. The van der Waals surface area contributed by atoms with Gasteiger partial charge in [-0.3, -0.25) is 9.36 Å². The second-order valence-corrected chi connectivity index (χ2v) is 11.2. The first kappa shape index (κ1) is 24.5. The van der Waals surface area contributed by atoms with Gasteiger partial charge in [-0.15, -0.1) is 0 Å². The maximum Gasteiger partial charge on any atom is 0.323 e. The molecule has 1 saturated heterocycles. The number of carbonyl (C=O) groups is 1. The van der Waals surface area contributed by atoms with E-state index in [9.17, 15) is 4.79 Å². The van der Waals surface area contributed by atoms with Gasteiger partial charge in [0.1, 0.15) is 29.9 Å². The molecule has 11 nitrogen and oxygen atoms in total. The Morgan fingerprint density at radius 1 is 1.35 bits per heavy atom. The fourth-order valence-electron chi connectivity index (χ4n) is 3.78. The molecule has 0 bridgehead atoms. The summed E-state index contributed by atoms with van der Waals surface area (Å²) >= 11 is 5.72. The van der Waals surface area contributed by atoms with Crippen LogP contribution in [0.1, 0.15) is 26.5 Å². The van der Waals surface area contributed by atoms with Crippen molar-refractivity contribution >= 4 is 41.4 Å². The topological polar surface area (TPSA) is 136 Å². The summed E-state index contributed by atoms with van der Waals surface area (Å²) in [6.45, 7) is 0.784. The third-order valence-electron chi connectivity index (χ3n) is 5.42. The highest BCUT2D eigenvalue weighted by Gasteiger charge is 2.37. The number of nitrogens with zero attached hydrogens (tertiary/aromatic N) is 4. The van der Waals surface area contributed by atoms with Gasteiger partial charge in [0.25, 0.3) is 0 Å². The number of fused-ring (bicyclic) bond motifs is 1. The van der Waals surface area contributed by atoms with E-state index in [4.69, 9.17) is 36.1 Å². The SMILES string of the molecule is COC(=O)C(C)NP(=S)(OC[C@@H]1C[C@H](C)[C@H](n2cnc3c(N)ncnc32)O1)Oc1ccccc1. The average Bonchev–Trinajstić information content (AvgIpc) is 3.41. The number of anilines is 1. The van der Waals surface area contributed by atoms with Crippen LogP contribution in [0.4, 0.5) is 5.82 Å². The highest BCUT2D eigenvalue weighted by molar-refractivity contribution is 8.09. The van der Waals surface area contributed by atoms with E-state index in [0.29, 0.717) is 22.7 Å². The van der Waals surface area contributed by atoms with Gasteiger partial charge in [0.2, 0.25) is 0 Å². The van der Waals surface area contributed by atoms with Gasteiger partial charge in [-0.05, 0) is 37.3 Å². The Kier molecular flexibility index (Phi) is 7.44. The van der Waals surface area contributed by atoms with Crippen molar-refractivity contribution in [3.8, 4) is 5.75 Å². The molecular weight excluding hydrogens is 479 g/mol. The molecule has 34 heavy (non-hydrogen) atoms. The van der Waals surface area contributed by atoms with E-state index in [1.54, 1.807) is 25.4 Å². The molecule has 4 rings (SSSR count). The summed E-state index contributed by atoms with van der Waals surface area (Å²) < 4.78 is 25.0. The number of imidazole rings is 1. The lowest BCUT2D eigenvalue weighted by molar-refractivity contribution is -0.142. The molecule has 3 N–H and O–H groups in total. The Morgan fingerprint density at radius 3 is 2.85 bits per heavy atom. The van der Waals surface area contributed by atoms with Gasteiger partial charge in [0, 0.05) is 5.92 Å². The van der Waals surface area contributed by atoms with Crippen LogP contribution in [0.3, 0.4) is 0 Å². The molecule has 3 aromatic rings. The minimum absolute atomic E-state index is 0.150. The van der Waals surface area contributed by atoms with Crippen LogP contribution in [-0.2, 0) is 30.6 Å². The van der Waals surface area contributed by atoms with Gasteiger partial charge in [-0.25, -0.2) is 20.0 Å². The summed E-state index contributed by atoms with van der Waals surface area (Å²) in [6.07, 6.45) is 3.22. The van der Waals surface area contributed by atoms with Crippen LogP contribution < -0.4 is 15.3 Å². The summed E-state index contributed by atoms with van der Waals surface area (Å²) in [4.78, 5) is 24.6. The minimum Gasteiger partial charge on any atom is -0.468 e. The molecular formula is C21H27N6O5PS. The van der Waals surface area contributed by atoms with E-state index in [1.807, 2.05) is 22.8 Å². The lowest BCUT2D eigenvalue weighted by Gasteiger charge is -2.27. The molecule has 0 radical (unpaired) electrons. The molecule has 182 valence electrons. The maximum absolute atomic E-state index is 12.0. The summed E-state index contributed by atoms with van der Waals surface area (Å²) in [5.41, 5.74) is 7.05. The van der Waals surface area contributed by atoms with Crippen molar-refractivity contribution < 1.29 is 23.3 Å². The third-order valence-corrected chi connectivity index (χ3v) is 7.92. The second kappa shape index (κ2) is 10.3. The fraction of sp³-hybridized carbons (Fsp3) is 0.429. The number of aromatic nitrogens is 4. The number of hydrogen-bond donors (Lipinski definition) is 2. The number of benzene rings is 1. The fourth-order valence-corrected chi connectivity index (χ4v) is 6.22. The highest BCUT2D eigenvalue weighted by Crippen LogP contribution is 2.46. The van der Waals surface area contributed by atoms with Crippen molar-refractivity contribution in [1.29, 1.82) is 0 Å². The van der Waals surface area contributed by atoms with E-state index in [0.717, 1.165) is 6.42 Å². The number of nitrogens with one attached hydrogen (secondary N) is 1. The van der Waals surface area contributed by atoms with Crippen LogP contribution in [0.25, 0.3) is 11.2 Å². The monoisotopic (exact) mass is 506 g/mol. The van der Waals surface area contributed by atoms with E-state index < -0.39 is 18.7 Å². The van der Waals surface area contributed by atoms with Gasteiger partial charge < -0.3 is 24.3 Å². The Bertz CT molecular complexity index is 1190. The van der Waals surface area contributed by atoms with Crippen LogP contribution >= 0.6 is 6.64 Å². The number of para-hydroxylation sites is 1. The van der Waals surface area contributed by atoms with E-state index in [2.05, 4.69) is 27.0 Å². The van der Waals surface area contributed by atoms with Crippen molar-refractivity contribution in [3.05, 3.63) is 43.0 Å². The molecule has 3 heterocycles. The molecule has 0 aliphatic carbocycles. The van der Waals surface area contributed by atoms with E-state index in [1.165, 1.54) is 13.4 Å². The molecule has 13 heteroatoms. The predicted molar refractivity (Wildman–Crippen MR) is 129 cm³/mol. The first-order valence-corrected chi connectivity index (χ1v) is 13.4. The summed E-state index contributed by atoms with van der Waals surface area (Å²) in [5.74, 6) is 0.542. The number of methoxy groups -OCH3 is 1. The number of nitrogen functional groups attached to an aromatic ring is 1. The average molecular weight is 507 g/mol. The molecule has 5 atom stereocenters. The zero-order valence-electron chi connectivity index (χ0n) is 19.0. The van der Waals surface area contributed by atoms with Crippen LogP contribution in [-0.4, -0.2) is 51.4 Å². The Morgan fingerprint density at radius 2 is 2.12 bits per heavy atom. The maximum atomic E-state index is 12.0. The number of carbonyl (C=O) groups excluding carboxylic acids is 1. The zero-order chi connectivity index (χ0) is 24.3. The highest BCUT2D eigenvalue weighted by atomic mass is 32.5. The Balaban J connectivity index is 1.47. The lowest BCUT2D eigenvalue weighted by Crippen LogP contribution is -2.35. The molecule has 0 spiro atoms. The summed E-state index contributed by atoms with van der Waals surface area (Å²) in [6, 6.07) is 8.37. The van der Waals surface area contributed by atoms with Crippen molar-refractivity contribution in [2.75, 3.05) is 19.5 Å². The van der Waals surface area contributed by atoms with Gasteiger partial charge in [0.15, 0.2) is 11.5 Å². The van der Waals surface area contributed by atoms with Crippen molar-refractivity contribution in [2.45, 2.75) is 38.6 Å². The predicted octanol–water partition coefficient (Wildman–Crippen LogP) is 2.80. The van der Waals surface area contributed by atoms with Gasteiger partial charge in [-0.1, -0.05) is 25.1 Å². The van der Waals surface area contributed by atoms with Gasteiger partial charge >= 0.3 is 12.6 Å². The molecule has 1 aliphatic heterocycles. The number of ether oxygens (including phenoxy) is 2. The quantitative estimate of drug-likeness (QED) is 0.327. The van der Waals surface area contributed by atoms with Crippen molar-refractivity contribution in [2.24, 2.45) is 5.92 Å². The van der Waals surface area contributed by atoms with Crippen LogP contribution in [0.2, 0.25) is 0 Å². The molecule has 2 aromatic heterocycles. The summed E-state index contributed by atoms with van der Waals surface area (Å²) in [5, 5.41) is 3.00. The number of esters is 1. The zero-order valence-corrected chi connectivity index (χ0v) is 20.7. The van der Waals surface area contributed by atoms with Crippen LogP contribution in [0.15, 0.2) is 43.0 Å². The van der Waals surface area contributed by atoms with Gasteiger partial charge in [-0.2, -0.15) is 0 Å². The molecule has 0 amide bonds.